The third-order valence-electron chi connectivity index (χ3n) is 6.48. The molecule has 2 aliphatic heterocycles. The van der Waals surface area contributed by atoms with Gasteiger partial charge in [0.05, 0.1) is 6.61 Å². The van der Waals surface area contributed by atoms with Crippen LogP contribution in [0.2, 0.25) is 0 Å². The van der Waals surface area contributed by atoms with Crippen molar-refractivity contribution in [2.24, 2.45) is 0 Å². The fourth-order valence-electron chi connectivity index (χ4n) is 4.78. The number of fused-ring (bicyclic) bond motifs is 2. The van der Waals surface area contributed by atoms with Crippen molar-refractivity contribution >= 4 is 22.7 Å². The molecule has 0 amide bonds. The van der Waals surface area contributed by atoms with Crippen LogP contribution in [0.4, 0.5) is 5.82 Å². The molecule has 0 atom stereocenters. The Bertz CT molecular complexity index is 1160. The number of piperidine rings is 1. The number of hydrogen-bond donors (Lipinski definition) is 1. The largest absolute Gasteiger partial charge is 0.490 e. The summed E-state index contributed by atoms with van der Waals surface area (Å²) in [6, 6.07) is 15.3. The topological polar surface area (TPSA) is 46.6 Å². The van der Waals surface area contributed by atoms with Crippen molar-refractivity contribution in [2.75, 3.05) is 25.0 Å². The molecule has 33 heavy (non-hydrogen) atoms. The zero-order chi connectivity index (χ0) is 22.8. The van der Waals surface area contributed by atoms with Gasteiger partial charge in [0.25, 0.3) is 0 Å². The highest BCUT2D eigenvalue weighted by Crippen LogP contribution is 2.40. The highest BCUT2D eigenvalue weighted by molar-refractivity contribution is 5.91. The van der Waals surface area contributed by atoms with Crippen LogP contribution in [0.1, 0.15) is 44.7 Å². The summed E-state index contributed by atoms with van der Waals surface area (Å²) in [5.74, 6) is 2.71. The minimum Gasteiger partial charge on any atom is -0.490 e. The molecule has 3 aromatic rings. The van der Waals surface area contributed by atoms with Crippen molar-refractivity contribution in [2.45, 2.75) is 51.8 Å². The predicted octanol–water partition coefficient (Wildman–Crippen LogP) is 5.89. The molecule has 3 heterocycles. The summed E-state index contributed by atoms with van der Waals surface area (Å²) in [6.07, 6.45) is 8.38. The zero-order valence-corrected chi connectivity index (χ0v) is 19.8. The third kappa shape index (κ3) is 4.83. The highest BCUT2D eigenvalue weighted by Gasteiger charge is 2.26. The molecule has 1 N–H and O–H groups in total. The molecular formula is C28H33N3O2. The Labute approximate surface area is 196 Å². The lowest BCUT2D eigenvalue weighted by atomic mass is 9.99. The van der Waals surface area contributed by atoms with Crippen molar-refractivity contribution in [3.8, 4) is 11.5 Å². The fraction of sp³-hybridized carbons (Fsp3) is 0.393. The molecule has 0 saturated carbocycles. The standard InChI is InChI=1S/C28H33N3O2/c1-4-32-25-18-20(17-22-9-13-28(2,3)33-26(22)25)19-31-15-11-23(12-16-31)30-27-24-8-6-5-7-21(24)10-14-29-27/h5-10,13-14,17-18,23H,4,11-12,15-16,19H2,1-3H3,(H,29,30). The molecule has 2 aromatic carbocycles. The fourth-order valence-corrected chi connectivity index (χ4v) is 4.78. The summed E-state index contributed by atoms with van der Waals surface area (Å²) >= 11 is 0. The van der Waals surface area contributed by atoms with E-state index in [1.807, 2.05) is 13.1 Å². The van der Waals surface area contributed by atoms with Crippen LogP contribution in [0.25, 0.3) is 16.8 Å². The van der Waals surface area contributed by atoms with Crippen molar-refractivity contribution in [3.05, 3.63) is 65.9 Å². The van der Waals surface area contributed by atoms with Crippen LogP contribution in [-0.4, -0.2) is 41.2 Å². The number of ether oxygens (including phenoxy) is 2. The summed E-state index contributed by atoms with van der Waals surface area (Å²) in [5.41, 5.74) is 2.06. The van der Waals surface area contributed by atoms with Crippen LogP contribution >= 0.6 is 0 Å². The molecular weight excluding hydrogens is 410 g/mol. The molecule has 0 bridgehead atoms. The third-order valence-corrected chi connectivity index (χ3v) is 6.48. The molecule has 172 valence electrons. The molecule has 0 aliphatic carbocycles. The van der Waals surface area contributed by atoms with Gasteiger partial charge in [-0.2, -0.15) is 0 Å². The molecule has 2 aliphatic rings. The molecule has 1 fully saturated rings. The SMILES string of the molecule is CCOc1cc(CN2CCC(Nc3nccc4ccccc34)CC2)cc2c1OC(C)(C)C=C2. The normalized spacial score (nSPS) is 18.0. The first-order valence-corrected chi connectivity index (χ1v) is 12.0. The Hall–Kier alpha value is -3.05. The summed E-state index contributed by atoms with van der Waals surface area (Å²) in [7, 11) is 0. The first kappa shape index (κ1) is 21.8. The van der Waals surface area contributed by atoms with Crippen LogP contribution in [-0.2, 0) is 6.54 Å². The maximum absolute atomic E-state index is 6.21. The Kier molecular flexibility index (Phi) is 5.98. The number of pyridine rings is 1. The average Bonchev–Trinajstić information content (AvgIpc) is 2.81. The second-order valence-electron chi connectivity index (χ2n) is 9.56. The van der Waals surface area contributed by atoms with Crippen molar-refractivity contribution < 1.29 is 9.47 Å². The van der Waals surface area contributed by atoms with Gasteiger partial charge in [-0.25, -0.2) is 4.98 Å². The number of aromatic nitrogens is 1. The highest BCUT2D eigenvalue weighted by atomic mass is 16.5. The quantitative estimate of drug-likeness (QED) is 0.514. The lowest BCUT2D eigenvalue weighted by molar-refractivity contribution is 0.149. The Morgan fingerprint density at radius 3 is 2.79 bits per heavy atom. The van der Waals surface area contributed by atoms with Gasteiger partial charge in [-0.3, -0.25) is 4.90 Å². The van der Waals surface area contributed by atoms with Gasteiger partial charge in [-0.1, -0.05) is 30.3 Å². The van der Waals surface area contributed by atoms with Crippen LogP contribution in [0.15, 0.2) is 54.7 Å². The molecule has 5 rings (SSSR count). The van der Waals surface area contributed by atoms with E-state index in [-0.39, 0.29) is 5.60 Å². The van der Waals surface area contributed by atoms with E-state index in [1.54, 1.807) is 0 Å². The molecule has 0 unspecified atom stereocenters. The summed E-state index contributed by atoms with van der Waals surface area (Å²) in [4.78, 5) is 7.14. The minimum absolute atomic E-state index is 0.311. The zero-order valence-electron chi connectivity index (χ0n) is 19.8. The molecule has 5 heteroatoms. The van der Waals surface area contributed by atoms with Crippen LogP contribution in [0, 0.1) is 0 Å². The number of nitrogens with one attached hydrogen (secondary N) is 1. The van der Waals surface area contributed by atoms with Gasteiger partial charge in [0.15, 0.2) is 11.5 Å². The maximum Gasteiger partial charge on any atom is 0.169 e. The minimum atomic E-state index is -0.311. The second-order valence-corrected chi connectivity index (χ2v) is 9.56. The number of benzene rings is 2. The predicted molar refractivity (Wildman–Crippen MR) is 135 cm³/mol. The van der Waals surface area contributed by atoms with Gasteiger partial charge in [-0.05, 0) is 68.8 Å². The van der Waals surface area contributed by atoms with Crippen molar-refractivity contribution in [3.63, 3.8) is 0 Å². The Balaban J connectivity index is 1.24. The van der Waals surface area contributed by atoms with Crippen LogP contribution < -0.4 is 14.8 Å². The molecule has 1 saturated heterocycles. The maximum atomic E-state index is 6.21. The van der Waals surface area contributed by atoms with E-state index in [0.717, 1.165) is 55.4 Å². The molecule has 0 spiro atoms. The van der Waals surface area contributed by atoms with E-state index in [2.05, 4.69) is 83.7 Å². The lowest BCUT2D eigenvalue weighted by Crippen LogP contribution is -2.38. The number of hydrogen-bond acceptors (Lipinski definition) is 5. The first-order chi connectivity index (χ1) is 16.0. The van der Waals surface area contributed by atoms with E-state index in [9.17, 15) is 0 Å². The van der Waals surface area contributed by atoms with E-state index in [0.29, 0.717) is 12.6 Å². The second kappa shape index (κ2) is 9.06. The van der Waals surface area contributed by atoms with E-state index in [1.165, 1.54) is 16.3 Å². The van der Waals surface area contributed by atoms with E-state index < -0.39 is 0 Å². The van der Waals surface area contributed by atoms with Gasteiger partial charge in [-0.15, -0.1) is 0 Å². The van der Waals surface area contributed by atoms with Gasteiger partial charge in [0, 0.05) is 42.8 Å². The molecule has 1 aromatic heterocycles. The average molecular weight is 444 g/mol. The van der Waals surface area contributed by atoms with Crippen LogP contribution in [0.5, 0.6) is 11.5 Å². The Morgan fingerprint density at radius 2 is 1.97 bits per heavy atom. The van der Waals surface area contributed by atoms with Gasteiger partial charge >= 0.3 is 0 Å². The van der Waals surface area contributed by atoms with Gasteiger partial charge in [0.2, 0.25) is 0 Å². The summed E-state index contributed by atoms with van der Waals surface area (Å²) in [5, 5.41) is 6.12. The summed E-state index contributed by atoms with van der Waals surface area (Å²) < 4.78 is 12.2. The van der Waals surface area contributed by atoms with Gasteiger partial charge in [0.1, 0.15) is 11.4 Å². The monoisotopic (exact) mass is 443 g/mol. The molecule has 0 radical (unpaired) electrons. The van der Waals surface area contributed by atoms with Crippen molar-refractivity contribution in [1.82, 2.24) is 9.88 Å². The molecule has 5 nitrogen and oxygen atoms in total. The van der Waals surface area contributed by atoms with Gasteiger partial charge < -0.3 is 14.8 Å². The van der Waals surface area contributed by atoms with E-state index >= 15 is 0 Å². The Morgan fingerprint density at radius 1 is 1.15 bits per heavy atom. The van der Waals surface area contributed by atoms with E-state index in [4.69, 9.17) is 9.47 Å². The summed E-state index contributed by atoms with van der Waals surface area (Å²) in [6.45, 7) is 9.83. The number of anilines is 1. The number of likely N-dealkylation sites (tertiary alicyclic amines) is 1. The van der Waals surface area contributed by atoms with Crippen molar-refractivity contribution in [1.29, 1.82) is 0 Å². The lowest BCUT2D eigenvalue weighted by Gasteiger charge is -2.33. The van der Waals surface area contributed by atoms with Crippen LogP contribution in [0.3, 0.4) is 0 Å². The smallest absolute Gasteiger partial charge is 0.169 e. The number of rotatable bonds is 6. The first-order valence-electron chi connectivity index (χ1n) is 12.0. The number of nitrogens with zero attached hydrogens (tertiary/aromatic N) is 2.